The van der Waals surface area contributed by atoms with Crippen molar-refractivity contribution in [3.63, 3.8) is 0 Å². The quantitative estimate of drug-likeness (QED) is 0.620. The average Bonchev–Trinajstić information content (AvgIpc) is 2.22. The summed E-state index contributed by atoms with van der Waals surface area (Å²) in [6.07, 6.45) is 2.45. The lowest BCUT2D eigenvalue weighted by Crippen LogP contribution is -2.45. The maximum atomic E-state index is 5.87. The Labute approximate surface area is 100.0 Å². The highest BCUT2D eigenvalue weighted by Gasteiger charge is 2.18. The van der Waals surface area contributed by atoms with Crippen molar-refractivity contribution < 1.29 is 0 Å². The number of thioether (sulfide) groups is 1. The van der Waals surface area contributed by atoms with Crippen LogP contribution in [0, 0.1) is 0 Å². The van der Waals surface area contributed by atoms with Crippen molar-refractivity contribution in [1.29, 1.82) is 0 Å². The minimum Gasteiger partial charge on any atom is -0.329 e. The molecule has 1 atom stereocenters. The minimum atomic E-state index is 0.573. The highest BCUT2D eigenvalue weighted by Crippen LogP contribution is 2.12. The molecule has 0 aliphatic carbocycles. The molecular formula is C12H28N2S. The maximum Gasteiger partial charge on any atom is 0.0228 e. The van der Waals surface area contributed by atoms with Gasteiger partial charge < -0.3 is 5.73 Å². The van der Waals surface area contributed by atoms with Crippen LogP contribution in [0.2, 0.25) is 0 Å². The molecule has 0 saturated carbocycles. The van der Waals surface area contributed by atoms with Gasteiger partial charge in [0, 0.05) is 18.6 Å². The van der Waals surface area contributed by atoms with Gasteiger partial charge in [0.2, 0.25) is 0 Å². The van der Waals surface area contributed by atoms with Crippen molar-refractivity contribution in [1.82, 2.24) is 4.90 Å². The first kappa shape index (κ1) is 15.3. The molecule has 0 amide bonds. The molecule has 3 heteroatoms. The summed E-state index contributed by atoms with van der Waals surface area (Å²) in [6, 6.07) is 1.19. The first-order valence-electron chi connectivity index (χ1n) is 6.20. The molecule has 15 heavy (non-hydrogen) atoms. The molecule has 0 saturated heterocycles. The molecule has 1 unspecified atom stereocenters. The number of hydrogen-bond acceptors (Lipinski definition) is 3. The molecule has 0 bridgehead atoms. The molecule has 2 N–H and O–H groups in total. The van der Waals surface area contributed by atoms with E-state index in [9.17, 15) is 0 Å². The van der Waals surface area contributed by atoms with Crippen LogP contribution in [0.25, 0.3) is 0 Å². The molecule has 0 heterocycles. The largest absolute Gasteiger partial charge is 0.329 e. The van der Waals surface area contributed by atoms with Gasteiger partial charge >= 0.3 is 0 Å². The third kappa shape index (κ3) is 6.44. The van der Waals surface area contributed by atoms with Gasteiger partial charge in [-0.25, -0.2) is 0 Å². The van der Waals surface area contributed by atoms with Crippen LogP contribution in [0.1, 0.15) is 40.5 Å². The lowest BCUT2D eigenvalue weighted by Gasteiger charge is -2.34. The van der Waals surface area contributed by atoms with Crippen LogP contribution in [0.5, 0.6) is 0 Å². The molecule has 0 spiro atoms. The number of nitrogens with two attached hydrogens (primary N) is 1. The fourth-order valence-corrected chi connectivity index (χ4v) is 2.63. The Morgan fingerprint density at radius 2 is 1.93 bits per heavy atom. The van der Waals surface area contributed by atoms with E-state index in [1.54, 1.807) is 0 Å². The summed E-state index contributed by atoms with van der Waals surface area (Å²) in [5.41, 5.74) is 5.87. The van der Waals surface area contributed by atoms with Gasteiger partial charge in [-0.2, -0.15) is 11.8 Å². The fourth-order valence-electron chi connectivity index (χ4n) is 1.90. The van der Waals surface area contributed by atoms with Crippen molar-refractivity contribution in [2.75, 3.05) is 24.6 Å². The first-order chi connectivity index (χ1) is 7.17. The number of nitrogens with zero attached hydrogens (tertiary/aromatic N) is 1. The van der Waals surface area contributed by atoms with E-state index in [2.05, 4.69) is 32.6 Å². The van der Waals surface area contributed by atoms with Gasteiger partial charge in [-0.15, -0.1) is 0 Å². The maximum absolute atomic E-state index is 5.87. The lowest BCUT2D eigenvalue weighted by molar-refractivity contribution is 0.154. The lowest BCUT2D eigenvalue weighted by atomic mass is 10.1. The predicted molar refractivity (Wildman–Crippen MR) is 72.6 cm³/mol. The molecule has 0 aliphatic rings. The van der Waals surface area contributed by atoms with Crippen molar-refractivity contribution in [3.8, 4) is 0 Å². The van der Waals surface area contributed by atoms with E-state index in [0.29, 0.717) is 12.1 Å². The van der Waals surface area contributed by atoms with Crippen molar-refractivity contribution in [2.24, 2.45) is 5.73 Å². The second kappa shape index (κ2) is 9.49. The third-order valence-corrected chi connectivity index (χ3v) is 3.62. The summed E-state index contributed by atoms with van der Waals surface area (Å²) in [7, 11) is 0. The normalized spacial score (nSPS) is 13.8. The van der Waals surface area contributed by atoms with Gasteiger partial charge in [0.15, 0.2) is 0 Å². The summed E-state index contributed by atoms with van der Waals surface area (Å²) < 4.78 is 0. The summed E-state index contributed by atoms with van der Waals surface area (Å²) in [5, 5.41) is 0. The highest BCUT2D eigenvalue weighted by atomic mass is 32.2. The van der Waals surface area contributed by atoms with Gasteiger partial charge in [0.25, 0.3) is 0 Å². The minimum absolute atomic E-state index is 0.573. The molecule has 0 fully saturated rings. The Morgan fingerprint density at radius 1 is 1.27 bits per heavy atom. The Balaban J connectivity index is 4.06. The van der Waals surface area contributed by atoms with Gasteiger partial charge in [0.1, 0.15) is 0 Å². The van der Waals surface area contributed by atoms with E-state index in [0.717, 1.165) is 6.54 Å². The molecule has 92 valence electrons. The number of rotatable bonds is 9. The van der Waals surface area contributed by atoms with E-state index in [-0.39, 0.29) is 0 Å². The fraction of sp³-hybridized carbons (Fsp3) is 1.00. The van der Waals surface area contributed by atoms with E-state index >= 15 is 0 Å². The smallest absolute Gasteiger partial charge is 0.0228 e. The molecule has 0 aromatic carbocycles. The van der Waals surface area contributed by atoms with Gasteiger partial charge in [-0.1, -0.05) is 13.8 Å². The van der Waals surface area contributed by atoms with Crippen molar-refractivity contribution >= 4 is 11.8 Å². The first-order valence-corrected chi connectivity index (χ1v) is 7.36. The summed E-state index contributed by atoms with van der Waals surface area (Å²) in [4.78, 5) is 2.55. The zero-order chi connectivity index (χ0) is 11.7. The van der Waals surface area contributed by atoms with Crippen LogP contribution in [0.4, 0.5) is 0 Å². The SMILES string of the molecule is CCCN(C(C)C)C(CN)CCSCC. The van der Waals surface area contributed by atoms with E-state index in [1.165, 1.54) is 30.9 Å². The van der Waals surface area contributed by atoms with E-state index < -0.39 is 0 Å². The van der Waals surface area contributed by atoms with Gasteiger partial charge in [0.05, 0.1) is 0 Å². The average molecular weight is 232 g/mol. The van der Waals surface area contributed by atoms with Crippen molar-refractivity contribution in [3.05, 3.63) is 0 Å². The topological polar surface area (TPSA) is 29.3 Å². The Bertz CT molecular complexity index is 140. The van der Waals surface area contributed by atoms with Crippen LogP contribution in [-0.2, 0) is 0 Å². The molecule has 0 aromatic heterocycles. The summed E-state index contributed by atoms with van der Waals surface area (Å²) in [6.45, 7) is 11.0. The van der Waals surface area contributed by atoms with Gasteiger partial charge in [-0.3, -0.25) is 4.90 Å². The van der Waals surface area contributed by atoms with Crippen LogP contribution in [0.15, 0.2) is 0 Å². The van der Waals surface area contributed by atoms with Crippen LogP contribution >= 0.6 is 11.8 Å². The van der Waals surface area contributed by atoms with Crippen molar-refractivity contribution in [2.45, 2.75) is 52.6 Å². The molecule has 0 radical (unpaired) electrons. The molecule has 0 rings (SSSR count). The van der Waals surface area contributed by atoms with Crippen LogP contribution in [-0.4, -0.2) is 41.6 Å². The molecule has 0 aromatic rings. The Morgan fingerprint density at radius 3 is 2.33 bits per heavy atom. The summed E-state index contributed by atoms with van der Waals surface area (Å²) >= 11 is 2.02. The summed E-state index contributed by atoms with van der Waals surface area (Å²) in [5.74, 6) is 2.46. The monoisotopic (exact) mass is 232 g/mol. The van der Waals surface area contributed by atoms with Crippen LogP contribution in [0.3, 0.4) is 0 Å². The second-order valence-corrected chi connectivity index (χ2v) is 5.60. The zero-order valence-electron chi connectivity index (χ0n) is 10.8. The third-order valence-electron chi connectivity index (χ3n) is 2.69. The Kier molecular flexibility index (Phi) is 9.66. The molecule has 2 nitrogen and oxygen atoms in total. The standard InChI is InChI=1S/C12H28N2S/c1-5-8-14(11(3)4)12(10-13)7-9-15-6-2/h11-12H,5-10,13H2,1-4H3. The van der Waals surface area contributed by atoms with Crippen LogP contribution < -0.4 is 5.73 Å². The van der Waals surface area contributed by atoms with E-state index in [1.807, 2.05) is 11.8 Å². The van der Waals surface area contributed by atoms with E-state index in [4.69, 9.17) is 5.73 Å². The highest BCUT2D eigenvalue weighted by molar-refractivity contribution is 7.99. The Hall–Kier alpha value is 0.270. The molecule has 0 aliphatic heterocycles. The second-order valence-electron chi connectivity index (χ2n) is 4.21. The van der Waals surface area contributed by atoms with Gasteiger partial charge in [-0.05, 0) is 44.7 Å². The number of hydrogen-bond donors (Lipinski definition) is 1. The zero-order valence-corrected chi connectivity index (χ0v) is 11.6. The predicted octanol–water partition coefficient (Wildman–Crippen LogP) is 2.58. The molecular weight excluding hydrogens is 204 g/mol.